The lowest BCUT2D eigenvalue weighted by Crippen LogP contribution is -2.51. The molecular formula is C18H31N3O4. The van der Waals surface area contributed by atoms with Gasteiger partial charge in [0.2, 0.25) is 11.8 Å². The zero-order valence-corrected chi connectivity index (χ0v) is 15.6. The smallest absolute Gasteiger partial charge is 0.409 e. The van der Waals surface area contributed by atoms with Crippen LogP contribution in [0.15, 0.2) is 0 Å². The number of hydrogen-bond donors (Lipinski definition) is 2. The van der Waals surface area contributed by atoms with Gasteiger partial charge in [-0.25, -0.2) is 4.79 Å². The van der Waals surface area contributed by atoms with Gasteiger partial charge >= 0.3 is 6.09 Å². The van der Waals surface area contributed by atoms with E-state index in [1.54, 1.807) is 11.8 Å². The van der Waals surface area contributed by atoms with Crippen LogP contribution in [0.1, 0.15) is 52.9 Å². The van der Waals surface area contributed by atoms with E-state index in [-0.39, 0.29) is 23.9 Å². The SMILES string of the molecule is CCOC(=O)N1CCC(NC(=O)C2(C(=O)NCCC(C)C)CC2)CC1. The van der Waals surface area contributed by atoms with Crippen molar-refractivity contribution in [2.75, 3.05) is 26.2 Å². The average Bonchev–Trinajstić information content (AvgIpc) is 3.37. The Hall–Kier alpha value is -1.79. The number of rotatable bonds is 7. The molecule has 2 aliphatic rings. The van der Waals surface area contributed by atoms with E-state index in [1.807, 2.05) is 0 Å². The number of piperidine rings is 1. The number of nitrogens with zero attached hydrogens (tertiary/aromatic N) is 1. The Morgan fingerprint density at radius 3 is 2.32 bits per heavy atom. The molecule has 0 unspecified atom stereocenters. The van der Waals surface area contributed by atoms with Crippen LogP contribution in [0.4, 0.5) is 4.79 Å². The number of carbonyl (C=O) groups is 3. The Morgan fingerprint density at radius 1 is 1.16 bits per heavy atom. The number of nitrogens with one attached hydrogen (secondary N) is 2. The summed E-state index contributed by atoms with van der Waals surface area (Å²) in [5, 5.41) is 5.92. The lowest BCUT2D eigenvalue weighted by Gasteiger charge is -2.32. The van der Waals surface area contributed by atoms with Crippen molar-refractivity contribution in [1.82, 2.24) is 15.5 Å². The molecule has 0 aromatic heterocycles. The van der Waals surface area contributed by atoms with Gasteiger partial charge in [-0.05, 0) is 44.9 Å². The molecule has 0 aromatic carbocycles. The third kappa shape index (κ3) is 5.09. The van der Waals surface area contributed by atoms with E-state index < -0.39 is 5.41 Å². The van der Waals surface area contributed by atoms with Crippen molar-refractivity contribution in [2.45, 2.75) is 58.9 Å². The summed E-state index contributed by atoms with van der Waals surface area (Å²) in [6.45, 7) is 8.11. The summed E-state index contributed by atoms with van der Waals surface area (Å²) in [6, 6.07) is 0.0131. The minimum Gasteiger partial charge on any atom is -0.450 e. The molecular weight excluding hydrogens is 322 g/mol. The molecule has 1 aliphatic heterocycles. The predicted octanol–water partition coefficient (Wildman–Crippen LogP) is 1.67. The maximum absolute atomic E-state index is 12.6. The first-order chi connectivity index (χ1) is 11.9. The Balaban J connectivity index is 1.76. The van der Waals surface area contributed by atoms with Crippen LogP contribution in [-0.4, -0.2) is 55.1 Å². The summed E-state index contributed by atoms with van der Waals surface area (Å²) in [5.41, 5.74) is -0.866. The first-order valence-corrected chi connectivity index (χ1v) is 9.40. The van der Waals surface area contributed by atoms with Gasteiger partial charge in [0.1, 0.15) is 5.41 Å². The van der Waals surface area contributed by atoms with Gasteiger partial charge in [0.25, 0.3) is 0 Å². The van der Waals surface area contributed by atoms with E-state index in [4.69, 9.17) is 4.74 Å². The standard InChI is InChI=1S/C18H31N3O4/c1-4-25-17(24)21-11-6-14(7-12-21)20-16(23)18(8-9-18)15(22)19-10-5-13(2)3/h13-14H,4-12H2,1-3H3,(H,19,22)(H,20,23). The van der Waals surface area contributed by atoms with Crippen LogP contribution in [0.2, 0.25) is 0 Å². The van der Waals surface area contributed by atoms with Crippen molar-refractivity contribution in [3.63, 3.8) is 0 Å². The zero-order valence-electron chi connectivity index (χ0n) is 15.6. The molecule has 0 aromatic rings. The molecule has 0 bridgehead atoms. The second-order valence-electron chi connectivity index (χ2n) is 7.45. The Kier molecular flexibility index (Phi) is 6.67. The average molecular weight is 353 g/mol. The number of likely N-dealkylation sites (tertiary alicyclic amines) is 1. The molecule has 1 aliphatic carbocycles. The molecule has 142 valence electrons. The van der Waals surface area contributed by atoms with Crippen molar-refractivity contribution < 1.29 is 19.1 Å². The summed E-state index contributed by atoms with van der Waals surface area (Å²) in [6.07, 6.45) is 3.23. The van der Waals surface area contributed by atoms with E-state index >= 15 is 0 Å². The van der Waals surface area contributed by atoms with Crippen molar-refractivity contribution in [1.29, 1.82) is 0 Å². The van der Waals surface area contributed by atoms with Crippen molar-refractivity contribution in [3.05, 3.63) is 0 Å². The summed E-state index contributed by atoms with van der Waals surface area (Å²) >= 11 is 0. The van der Waals surface area contributed by atoms with E-state index in [2.05, 4.69) is 24.5 Å². The van der Waals surface area contributed by atoms with Crippen molar-refractivity contribution in [3.8, 4) is 0 Å². The third-order valence-corrected chi connectivity index (χ3v) is 4.98. The van der Waals surface area contributed by atoms with E-state index in [9.17, 15) is 14.4 Å². The topological polar surface area (TPSA) is 87.7 Å². The van der Waals surface area contributed by atoms with Crippen LogP contribution < -0.4 is 10.6 Å². The molecule has 7 heteroatoms. The molecule has 1 saturated heterocycles. The second kappa shape index (κ2) is 8.54. The Morgan fingerprint density at radius 2 is 1.80 bits per heavy atom. The zero-order chi connectivity index (χ0) is 18.4. The first kappa shape index (κ1) is 19.5. The van der Waals surface area contributed by atoms with E-state index in [0.717, 1.165) is 6.42 Å². The van der Waals surface area contributed by atoms with Crippen LogP contribution >= 0.6 is 0 Å². The minimum atomic E-state index is -0.866. The molecule has 0 atom stereocenters. The lowest BCUT2D eigenvalue weighted by atomic mass is 10.0. The predicted molar refractivity (Wildman–Crippen MR) is 93.9 cm³/mol. The highest BCUT2D eigenvalue weighted by molar-refractivity contribution is 6.07. The van der Waals surface area contributed by atoms with Crippen LogP contribution in [0.5, 0.6) is 0 Å². The van der Waals surface area contributed by atoms with E-state index in [1.165, 1.54) is 0 Å². The van der Waals surface area contributed by atoms with Crippen LogP contribution in [-0.2, 0) is 14.3 Å². The fourth-order valence-corrected chi connectivity index (χ4v) is 3.07. The van der Waals surface area contributed by atoms with Crippen LogP contribution in [0.25, 0.3) is 0 Å². The number of ether oxygens (including phenoxy) is 1. The maximum Gasteiger partial charge on any atom is 0.409 e. The van der Waals surface area contributed by atoms with Crippen molar-refractivity contribution in [2.24, 2.45) is 11.3 Å². The van der Waals surface area contributed by atoms with Gasteiger partial charge in [-0.2, -0.15) is 0 Å². The molecule has 0 spiro atoms. The van der Waals surface area contributed by atoms with Crippen LogP contribution in [0.3, 0.4) is 0 Å². The highest BCUT2D eigenvalue weighted by atomic mass is 16.6. The number of amides is 3. The van der Waals surface area contributed by atoms with Gasteiger partial charge in [0.05, 0.1) is 6.61 Å². The fourth-order valence-electron chi connectivity index (χ4n) is 3.07. The molecule has 25 heavy (non-hydrogen) atoms. The molecule has 0 radical (unpaired) electrons. The quantitative estimate of drug-likeness (QED) is 0.682. The number of carbonyl (C=O) groups excluding carboxylic acids is 3. The Labute approximate surface area is 149 Å². The lowest BCUT2D eigenvalue weighted by molar-refractivity contribution is -0.137. The molecule has 2 fully saturated rings. The molecule has 1 heterocycles. The van der Waals surface area contributed by atoms with Gasteiger partial charge in [0.15, 0.2) is 0 Å². The third-order valence-electron chi connectivity index (χ3n) is 4.98. The van der Waals surface area contributed by atoms with Crippen molar-refractivity contribution >= 4 is 17.9 Å². The highest BCUT2D eigenvalue weighted by Crippen LogP contribution is 2.46. The summed E-state index contributed by atoms with van der Waals surface area (Å²) < 4.78 is 4.99. The summed E-state index contributed by atoms with van der Waals surface area (Å²) in [7, 11) is 0. The monoisotopic (exact) mass is 353 g/mol. The molecule has 1 saturated carbocycles. The van der Waals surface area contributed by atoms with Gasteiger partial charge in [0, 0.05) is 25.7 Å². The van der Waals surface area contributed by atoms with Gasteiger partial charge in [-0.3, -0.25) is 9.59 Å². The summed E-state index contributed by atoms with van der Waals surface area (Å²) in [5.74, 6) is 0.215. The van der Waals surface area contributed by atoms with Gasteiger partial charge in [-0.15, -0.1) is 0 Å². The van der Waals surface area contributed by atoms with Gasteiger partial charge in [-0.1, -0.05) is 13.8 Å². The molecule has 3 amide bonds. The number of hydrogen-bond acceptors (Lipinski definition) is 4. The normalized spacial score (nSPS) is 19.4. The summed E-state index contributed by atoms with van der Waals surface area (Å²) in [4.78, 5) is 38.3. The largest absolute Gasteiger partial charge is 0.450 e. The van der Waals surface area contributed by atoms with Crippen LogP contribution in [0, 0.1) is 11.3 Å². The highest BCUT2D eigenvalue weighted by Gasteiger charge is 2.56. The molecule has 2 N–H and O–H groups in total. The fraction of sp³-hybridized carbons (Fsp3) is 0.833. The maximum atomic E-state index is 12.6. The van der Waals surface area contributed by atoms with Gasteiger partial charge < -0.3 is 20.3 Å². The second-order valence-corrected chi connectivity index (χ2v) is 7.45. The molecule has 2 rings (SSSR count). The first-order valence-electron chi connectivity index (χ1n) is 9.40. The molecule has 7 nitrogen and oxygen atoms in total. The minimum absolute atomic E-state index is 0.0131. The Bertz CT molecular complexity index is 495. The van der Waals surface area contributed by atoms with E-state index in [0.29, 0.717) is 57.8 Å².